The zero-order chi connectivity index (χ0) is 30.4. The highest BCUT2D eigenvalue weighted by Gasteiger charge is 2.22. The second kappa shape index (κ2) is 29.0. The van der Waals surface area contributed by atoms with E-state index in [9.17, 15) is 14.4 Å². The Labute approximate surface area is 247 Å². The van der Waals surface area contributed by atoms with Crippen molar-refractivity contribution in [3.63, 3.8) is 0 Å². The van der Waals surface area contributed by atoms with Gasteiger partial charge in [-0.05, 0) is 0 Å². The van der Waals surface area contributed by atoms with E-state index in [1.54, 1.807) is 0 Å². The number of primary amides is 1. The zero-order valence-corrected chi connectivity index (χ0v) is 24.5. The maximum absolute atomic E-state index is 11.4. The average molecular weight is 609 g/mol. The molecule has 0 saturated carbocycles. The Hall–Kier alpha value is -2.05. The predicted octanol–water partition coefficient (Wildman–Crippen LogP) is -1.05. The van der Waals surface area contributed by atoms with Gasteiger partial charge in [0.15, 0.2) is 0 Å². The molecule has 0 aromatic carbocycles. The van der Waals surface area contributed by atoms with Crippen molar-refractivity contribution in [2.24, 2.45) is 5.73 Å². The molecule has 1 aliphatic heterocycles. The van der Waals surface area contributed by atoms with Gasteiger partial charge in [-0.15, -0.1) is 0 Å². The molecule has 0 aliphatic carbocycles. The van der Waals surface area contributed by atoms with Crippen LogP contribution in [-0.2, 0) is 61.8 Å². The van der Waals surface area contributed by atoms with Crippen molar-refractivity contribution in [2.75, 3.05) is 139 Å². The molecule has 0 aromatic heterocycles. The smallest absolute Gasteiger partial charge is 0.253 e. The SMILES string of the molecule is NC(=O)CCOCCOCCOCCOCCOCCOCCOCCOCCOCCOCCN1C(=O)C=CC1=O. The number of ether oxygens (including phenoxy) is 10. The highest BCUT2D eigenvalue weighted by atomic mass is 16.6. The molecule has 15 heteroatoms. The third kappa shape index (κ3) is 24.5. The lowest BCUT2D eigenvalue weighted by molar-refractivity contribution is -0.137. The van der Waals surface area contributed by atoms with E-state index in [-0.39, 0.29) is 37.3 Å². The van der Waals surface area contributed by atoms with Crippen molar-refractivity contribution in [3.05, 3.63) is 12.2 Å². The summed E-state index contributed by atoms with van der Waals surface area (Å²) < 4.78 is 53.8. The van der Waals surface area contributed by atoms with Crippen LogP contribution in [-0.4, -0.2) is 161 Å². The van der Waals surface area contributed by atoms with Crippen LogP contribution in [0.3, 0.4) is 0 Å². The fraction of sp³-hybridized carbons (Fsp3) is 0.815. The number of carbonyl (C=O) groups excluding carboxylic acids is 3. The van der Waals surface area contributed by atoms with E-state index < -0.39 is 0 Å². The molecule has 0 spiro atoms. The molecule has 1 heterocycles. The van der Waals surface area contributed by atoms with Crippen molar-refractivity contribution in [1.82, 2.24) is 4.90 Å². The molecular formula is C27H48N2O13. The van der Waals surface area contributed by atoms with Crippen LogP contribution in [0.4, 0.5) is 0 Å². The lowest BCUT2D eigenvalue weighted by Gasteiger charge is -2.13. The molecule has 244 valence electrons. The number of amides is 3. The summed E-state index contributed by atoms with van der Waals surface area (Å²) in [5.74, 6) is -0.999. The minimum absolute atomic E-state index is 0.215. The van der Waals surface area contributed by atoms with Crippen LogP contribution < -0.4 is 5.73 Å². The number of hydrogen-bond donors (Lipinski definition) is 1. The number of nitrogens with zero attached hydrogens (tertiary/aromatic N) is 1. The van der Waals surface area contributed by atoms with Gasteiger partial charge < -0.3 is 53.1 Å². The molecular weight excluding hydrogens is 560 g/mol. The summed E-state index contributed by atoms with van der Waals surface area (Å²) in [4.78, 5) is 34.4. The van der Waals surface area contributed by atoms with Crippen LogP contribution in [0.2, 0.25) is 0 Å². The van der Waals surface area contributed by atoms with Crippen molar-refractivity contribution in [1.29, 1.82) is 0 Å². The van der Waals surface area contributed by atoms with Crippen LogP contribution in [0.1, 0.15) is 6.42 Å². The van der Waals surface area contributed by atoms with E-state index in [1.165, 1.54) is 12.2 Å². The van der Waals surface area contributed by atoms with Gasteiger partial charge in [-0.2, -0.15) is 0 Å². The molecule has 0 bridgehead atoms. The monoisotopic (exact) mass is 608 g/mol. The molecule has 1 aliphatic rings. The van der Waals surface area contributed by atoms with Gasteiger partial charge >= 0.3 is 0 Å². The molecule has 2 N–H and O–H groups in total. The first-order valence-electron chi connectivity index (χ1n) is 14.2. The quantitative estimate of drug-likeness (QED) is 0.0707. The van der Waals surface area contributed by atoms with Gasteiger partial charge in [-0.25, -0.2) is 0 Å². The molecule has 0 saturated heterocycles. The topological polar surface area (TPSA) is 173 Å². The lowest BCUT2D eigenvalue weighted by Crippen LogP contribution is -2.33. The van der Waals surface area contributed by atoms with Crippen LogP contribution >= 0.6 is 0 Å². The van der Waals surface area contributed by atoms with Gasteiger partial charge in [0.05, 0.1) is 139 Å². The zero-order valence-electron chi connectivity index (χ0n) is 24.5. The highest BCUT2D eigenvalue weighted by molar-refractivity contribution is 6.12. The molecule has 42 heavy (non-hydrogen) atoms. The first kappa shape index (κ1) is 38.0. The number of rotatable bonds is 33. The normalized spacial score (nSPS) is 13.1. The van der Waals surface area contributed by atoms with E-state index in [4.69, 9.17) is 53.1 Å². The average Bonchev–Trinajstić information content (AvgIpc) is 3.29. The van der Waals surface area contributed by atoms with Gasteiger partial charge in [0, 0.05) is 18.6 Å². The number of imide groups is 1. The lowest BCUT2D eigenvalue weighted by atomic mass is 10.4. The summed E-state index contributed by atoms with van der Waals surface area (Å²) in [6, 6.07) is 0. The Bertz CT molecular complexity index is 694. The van der Waals surface area contributed by atoms with Gasteiger partial charge in [-0.1, -0.05) is 0 Å². The second-order valence-corrected chi connectivity index (χ2v) is 8.50. The predicted molar refractivity (Wildman–Crippen MR) is 148 cm³/mol. The van der Waals surface area contributed by atoms with Gasteiger partial charge in [0.2, 0.25) is 5.91 Å². The highest BCUT2D eigenvalue weighted by Crippen LogP contribution is 2.02. The van der Waals surface area contributed by atoms with Crippen molar-refractivity contribution < 1.29 is 61.8 Å². The Morgan fingerprint density at radius 2 is 0.690 bits per heavy atom. The molecule has 0 unspecified atom stereocenters. The van der Waals surface area contributed by atoms with E-state index in [1.807, 2.05) is 0 Å². The van der Waals surface area contributed by atoms with Crippen molar-refractivity contribution in [3.8, 4) is 0 Å². The third-order valence-corrected chi connectivity index (χ3v) is 5.20. The summed E-state index contributed by atoms with van der Waals surface area (Å²) in [6.07, 6.45) is 2.72. The second-order valence-electron chi connectivity index (χ2n) is 8.50. The molecule has 1 rings (SSSR count). The number of nitrogens with two attached hydrogens (primary N) is 1. The summed E-state index contributed by atoms with van der Waals surface area (Å²) in [5.41, 5.74) is 5.01. The number of carbonyl (C=O) groups is 3. The van der Waals surface area contributed by atoms with Crippen LogP contribution in [0, 0.1) is 0 Å². The number of hydrogen-bond acceptors (Lipinski definition) is 13. The molecule has 0 atom stereocenters. The van der Waals surface area contributed by atoms with E-state index in [2.05, 4.69) is 0 Å². The molecule has 0 aromatic rings. The Kier molecular flexibility index (Phi) is 26.3. The van der Waals surface area contributed by atoms with E-state index in [0.717, 1.165) is 4.90 Å². The summed E-state index contributed by atoms with van der Waals surface area (Å²) >= 11 is 0. The summed E-state index contributed by atoms with van der Waals surface area (Å²) in [7, 11) is 0. The van der Waals surface area contributed by atoms with Crippen molar-refractivity contribution in [2.45, 2.75) is 6.42 Å². The molecule has 0 fully saturated rings. The first-order chi connectivity index (χ1) is 20.6. The van der Waals surface area contributed by atoms with Gasteiger partial charge in [0.25, 0.3) is 11.8 Å². The Morgan fingerprint density at radius 1 is 0.452 bits per heavy atom. The maximum atomic E-state index is 11.4. The molecule has 15 nitrogen and oxygen atoms in total. The van der Waals surface area contributed by atoms with Crippen LogP contribution in [0.25, 0.3) is 0 Å². The maximum Gasteiger partial charge on any atom is 0.253 e. The fourth-order valence-electron chi connectivity index (χ4n) is 3.06. The standard InChI is InChI=1S/C27H48N2O13/c28-25(30)3-5-33-7-9-35-11-13-37-15-17-39-19-21-41-23-24-42-22-20-40-18-16-38-14-12-36-10-8-34-6-4-29-26(31)1-2-27(29)32/h1-2H,3-24H2,(H2,28,30). The minimum atomic E-state index is -0.379. The van der Waals surface area contributed by atoms with E-state index >= 15 is 0 Å². The third-order valence-electron chi connectivity index (χ3n) is 5.20. The Balaban J connectivity index is 1.63. The van der Waals surface area contributed by atoms with Crippen LogP contribution in [0.5, 0.6) is 0 Å². The molecule has 3 amide bonds. The first-order valence-corrected chi connectivity index (χ1v) is 14.2. The van der Waals surface area contributed by atoms with Crippen LogP contribution in [0.15, 0.2) is 12.2 Å². The summed E-state index contributed by atoms with van der Waals surface area (Å²) in [6.45, 7) is 9.03. The van der Waals surface area contributed by atoms with E-state index in [0.29, 0.717) is 126 Å². The van der Waals surface area contributed by atoms with Crippen molar-refractivity contribution >= 4 is 17.7 Å². The van der Waals surface area contributed by atoms with Gasteiger partial charge in [0.1, 0.15) is 0 Å². The Morgan fingerprint density at radius 3 is 0.952 bits per heavy atom. The molecule has 0 radical (unpaired) electrons. The largest absolute Gasteiger partial charge is 0.379 e. The summed E-state index contributed by atoms with van der Waals surface area (Å²) in [5, 5.41) is 0. The fourth-order valence-corrected chi connectivity index (χ4v) is 3.06. The minimum Gasteiger partial charge on any atom is -0.379 e. The van der Waals surface area contributed by atoms with Gasteiger partial charge in [-0.3, -0.25) is 19.3 Å².